The molecule has 2 rings (SSSR count). The molecule has 3 N–H and O–H groups in total. The zero-order valence-corrected chi connectivity index (χ0v) is 12.7. The van der Waals surface area contributed by atoms with Crippen LogP contribution in [-0.2, 0) is 11.3 Å². The van der Waals surface area contributed by atoms with Crippen LogP contribution < -0.4 is 16.3 Å². The molecular weight excluding hydrogens is 274 g/mol. The van der Waals surface area contributed by atoms with Crippen molar-refractivity contribution in [3.63, 3.8) is 0 Å². The van der Waals surface area contributed by atoms with Crippen LogP contribution in [0.4, 0.5) is 4.39 Å². The van der Waals surface area contributed by atoms with Gasteiger partial charge in [-0.25, -0.2) is 9.82 Å². The van der Waals surface area contributed by atoms with Crippen LogP contribution in [0.2, 0.25) is 0 Å². The molecule has 0 saturated heterocycles. The number of rotatable bonds is 3. The molecule has 0 aromatic heterocycles. The predicted octanol–water partition coefficient (Wildman–Crippen LogP) is 0.712. The molecule has 1 aromatic rings. The molecule has 114 valence electrons. The van der Waals surface area contributed by atoms with Crippen molar-refractivity contribution in [2.24, 2.45) is 5.41 Å². The van der Waals surface area contributed by atoms with Crippen LogP contribution in [0.25, 0.3) is 0 Å². The molecule has 1 amide bonds. The van der Waals surface area contributed by atoms with Gasteiger partial charge in [-0.1, -0.05) is 26.8 Å². The summed E-state index contributed by atoms with van der Waals surface area (Å²) in [5.74, 6) is -1.19. The Hall–Kier alpha value is -1.44. The molecule has 7 heteroatoms. The van der Waals surface area contributed by atoms with Crippen molar-refractivity contribution in [3.05, 3.63) is 29.1 Å². The number of nitrogens with one attached hydrogen (secondary N) is 2. The Morgan fingerprint density at radius 2 is 2.14 bits per heavy atom. The summed E-state index contributed by atoms with van der Waals surface area (Å²) in [7, 11) is -1.12. The molecule has 0 aliphatic carbocycles. The van der Waals surface area contributed by atoms with E-state index in [9.17, 15) is 14.2 Å². The van der Waals surface area contributed by atoms with Gasteiger partial charge in [0.25, 0.3) is 5.91 Å². The van der Waals surface area contributed by atoms with Gasteiger partial charge in [0, 0.05) is 11.6 Å². The van der Waals surface area contributed by atoms with Crippen LogP contribution in [-0.4, -0.2) is 24.1 Å². The van der Waals surface area contributed by atoms with Crippen LogP contribution >= 0.6 is 0 Å². The number of carbonyl (C=O) groups is 1. The lowest BCUT2D eigenvalue weighted by molar-refractivity contribution is 0.0907. The fourth-order valence-electron chi connectivity index (χ4n) is 1.90. The summed E-state index contributed by atoms with van der Waals surface area (Å²) < 4.78 is 19.2. The molecule has 0 bridgehead atoms. The van der Waals surface area contributed by atoms with Crippen LogP contribution in [0.1, 0.15) is 43.6 Å². The number of benzene rings is 1. The third-order valence-corrected chi connectivity index (χ3v) is 3.88. The number of hydrazine groups is 1. The van der Waals surface area contributed by atoms with E-state index >= 15 is 0 Å². The minimum atomic E-state index is -1.12. The van der Waals surface area contributed by atoms with Crippen molar-refractivity contribution in [2.45, 2.75) is 40.3 Å². The first-order chi connectivity index (χ1) is 9.71. The Kier molecular flexibility index (Phi) is 4.36. The molecule has 1 atom stereocenters. The summed E-state index contributed by atoms with van der Waals surface area (Å²) in [6.45, 7) is 8.00. The minimum absolute atomic E-state index is 0.0177. The maximum absolute atomic E-state index is 14.3. The van der Waals surface area contributed by atoms with Crippen molar-refractivity contribution >= 4 is 18.5 Å². The molecule has 1 heterocycles. The minimum Gasteiger partial charge on any atom is -0.423 e. The number of fused-ring (bicyclic) bond motifs is 1. The van der Waals surface area contributed by atoms with Gasteiger partial charge in [0.1, 0.15) is 5.82 Å². The lowest BCUT2D eigenvalue weighted by Gasteiger charge is -2.28. The number of halogens is 1. The number of hydrogen-bond acceptors (Lipinski definition) is 4. The summed E-state index contributed by atoms with van der Waals surface area (Å²) >= 11 is 0. The first-order valence-corrected chi connectivity index (χ1v) is 6.88. The Bertz CT molecular complexity index is 560. The molecule has 0 saturated carbocycles. The Balaban J connectivity index is 2.11. The van der Waals surface area contributed by atoms with Gasteiger partial charge in [-0.15, -0.1) is 0 Å². The summed E-state index contributed by atoms with van der Waals surface area (Å²) in [5, 5.41) is 9.50. The molecule has 1 aromatic carbocycles. The average molecular weight is 294 g/mol. The molecule has 1 aliphatic heterocycles. The Morgan fingerprint density at radius 1 is 1.48 bits per heavy atom. The average Bonchev–Trinajstić information content (AvgIpc) is 2.77. The fourth-order valence-corrected chi connectivity index (χ4v) is 1.90. The van der Waals surface area contributed by atoms with E-state index < -0.39 is 18.8 Å². The van der Waals surface area contributed by atoms with Gasteiger partial charge in [-0.05, 0) is 23.9 Å². The van der Waals surface area contributed by atoms with Crippen LogP contribution in [0.5, 0.6) is 0 Å². The molecule has 0 spiro atoms. The molecule has 1 aliphatic rings. The van der Waals surface area contributed by atoms with E-state index in [0.29, 0.717) is 5.46 Å². The van der Waals surface area contributed by atoms with E-state index in [2.05, 4.69) is 10.9 Å². The number of amides is 1. The molecule has 0 fully saturated rings. The molecular formula is C14H20BFN2O3. The van der Waals surface area contributed by atoms with E-state index in [1.54, 1.807) is 0 Å². The highest BCUT2D eigenvalue weighted by Gasteiger charge is 2.32. The lowest BCUT2D eigenvalue weighted by Crippen LogP contribution is -2.48. The lowest BCUT2D eigenvalue weighted by atomic mass is 9.79. The predicted molar refractivity (Wildman–Crippen MR) is 78.3 cm³/mol. The molecule has 21 heavy (non-hydrogen) atoms. The largest absolute Gasteiger partial charge is 0.491 e. The first kappa shape index (κ1) is 15.9. The monoisotopic (exact) mass is 294 g/mol. The Labute approximate surface area is 124 Å². The smallest absolute Gasteiger partial charge is 0.423 e. The third kappa shape index (κ3) is 3.25. The Morgan fingerprint density at radius 3 is 2.76 bits per heavy atom. The van der Waals surface area contributed by atoms with Crippen molar-refractivity contribution in [2.75, 3.05) is 0 Å². The maximum atomic E-state index is 14.3. The summed E-state index contributed by atoms with van der Waals surface area (Å²) in [6.07, 6.45) is 0. The number of hydrogen-bond donors (Lipinski definition) is 3. The van der Waals surface area contributed by atoms with E-state index in [1.807, 2.05) is 27.7 Å². The quantitative estimate of drug-likeness (QED) is 0.567. The highest BCUT2D eigenvalue weighted by atomic mass is 19.1. The van der Waals surface area contributed by atoms with Crippen molar-refractivity contribution in [3.8, 4) is 0 Å². The number of carbonyl (C=O) groups excluding carboxylic acids is 1. The van der Waals surface area contributed by atoms with Gasteiger partial charge < -0.3 is 9.68 Å². The van der Waals surface area contributed by atoms with Gasteiger partial charge >= 0.3 is 7.12 Å². The van der Waals surface area contributed by atoms with Gasteiger partial charge in [-0.2, -0.15) is 0 Å². The third-order valence-electron chi connectivity index (χ3n) is 3.88. The maximum Gasteiger partial charge on any atom is 0.491 e. The van der Waals surface area contributed by atoms with Crippen molar-refractivity contribution in [1.82, 2.24) is 10.9 Å². The topological polar surface area (TPSA) is 70.6 Å². The first-order valence-electron chi connectivity index (χ1n) is 6.88. The van der Waals surface area contributed by atoms with Gasteiger partial charge in [0.15, 0.2) is 0 Å². The van der Waals surface area contributed by atoms with Crippen molar-refractivity contribution < 1.29 is 18.9 Å². The molecule has 5 nitrogen and oxygen atoms in total. The molecule has 0 unspecified atom stereocenters. The van der Waals surface area contributed by atoms with Crippen molar-refractivity contribution in [1.29, 1.82) is 0 Å². The zero-order chi connectivity index (χ0) is 15.8. The van der Waals surface area contributed by atoms with Crippen LogP contribution in [0, 0.1) is 11.2 Å². The van der Waals surface area contributed by atoms with Crippen LogP contribution in [0.15, 0.2) is 12.1 Å². The highest BCUT2D eigenvalue weighted by molar-refractivity contribution is 6.61. The van der Waals surface area contributed by atoms with E-state index in [1.165, 1.54) is 12.1 Å². The fraction of sp³-hybridized carbons (Fsp3) is 0.500. The second kappa shape index (κ2) is 5.75. The van der Waals surface area contributed by atoms with E-state index in [0.717, 1.165) is 0 Å². The standard InChI is InChI=1S/C14H20BFN2O3/c1-8(14(2,3)4)17-18-13(19)9-5-6-11-10(12(9)16)7-21-15(11)20/h5-6,8,17,20H,7H2,1-4H3,(H,18,19)/t8-/m1/s1. The summed E-state index contributed by atoms with van der Waals surface area (Å²) in [4.78, 5) is 12.1. The van der Waals surface area contributed by atoms with Gasteiger partial charge in [0.2, 0.25) is 0 Å². The zero-order valence-electron chi connectivity index (χ0n) is 12.7. The normalized spacial score (nSPS) is 15.8. The van der Waals surface area contributed by atoms with Gasteiger partial charge in [-0.3, -0.25) is 10.2 Å². The SMILES string of the molecule is C[C@@H](NNC(=O)c1ccc2c(c1F)COB2O)C(C)(C)C. The van der Waals surface area contributed by atoms with E-state index in [-0.39, 0.29) is 29.2 Å². The van der Waals surface area contributed by atoms with Gasteiger partial charge in [0.05, 0.1) is 12.2 Å². The summed E-state index contributed by atoms with van der Waals surface area (Å²) in [5.41, 5.74) is 5.89. The second-order valence-corrected chi connectivity index (χ2v) is 6.34. The summed E-state index contributed by atoms with van der Waals surface area (Å²) in [6, 6.07) is 2.88. The molecule has 0 radical (unpaired) electrons. The second-order valence-electron chi connectivity index (χ2n) is 6.34. The van der Waals surface area contributed by atoms with E-state index in [4.69, 9.17) is 4.65 Å². The van der Waals surface area contributed by atoms with Crippen LogP contribution in [0.3, 0.4) is 0 Å². The highest BCUT2D eigenvalue weighted by Crippen LogP contribution is 2.19.